The van der Waals surface area contributed by atoms with Gasteiger partial charge >= 0.3 is 0 Å². The van der Waals surface area contributed by atoms with Gasteiger partial charge in [0.05, 0.1) is 5.69 Å². The third kappa shape index (κ3) is 3.73. The van der Waals surface area contributed by atoms with Crippen LogP contribution in [0.5, 0.6) is 0 Å². The molecule has 0 unspecified atom stereocenters. The van der Waals surface area contributed by atoms with Gasteiger partial charge in [0.1, 0.15) is 0 Å². The summed E-state index contributed by atoms with van der Waals surface area (Å²) in [5.74, 6) is 0. The Morgan fingerprint density at radius 1 is 0.396 bits per heavy atom. The molecule has 0 aliphatic heterocycles. The van der Waals surface area contributed by atoms with Gasteiger partial charge in [-0.3, -0.25) is 0 Å². The molecule has 0 bridgehead atoms. The summed E-state index contributed by atoms with van der Waals surface area (Å²) in [6.07, 6.45) is 0. The smallest absolute Gasteiger partial charge is 0.0543 e. The summed E-state index contributed by atoms with van der Waals surface area (Å²) in [6.45, 7) is 4.84. The van der Waals surface area contributed by atoms with Crippen molar-refractivity contribution in [3.8, 4) is 11.1 Å². The summed E-state index contributed by atoms with van der Waals surface area (Å²) >= 11 is 0. The van der Waals surface area contributed by atoms with Crippen molar-refractivity contribution in [3.63, 3.8) is 0 Å². The highest BCUT2D eigenvalue weighted by Gasteiger charge is 2.39. The van der Waals surface area contributed by atoms with E-state index in [9.17, 15) is 0 Å². The van der Waals surface area contributed by atoms with Gasteiger partial charge in [0.15, 0.2) is 0 Å². The zero-order valence-electron chi connectivity index (χ0n) is 27.0. The quantitative estimate of drug-likeness (QED) is 0.180. The largest absolute Gasteiger partial charge is 0.310 e. The fraction of sp³-hybridized carbons (Fsp3) is 0.0638. The summed E-state index contributed by atoms with van der Waals surface area (Å²) in [6, 6.07) is 60.5. The van der Waals surface area contributed by atoms with Crippen LogP contribution in [0.4, 0.5) is 17.1 Å². The Bertz CT molecular complexity index is 2700. The fourth-order valence-corrected chi connectivity index (χ4v) is 8.53. The highest BCUT2D eigenvalue weighted by molar-refractivity contribution is 6.27. The Labute approximate surface area is 280 Å². The Hall–Kier alpha value is -5.92. The predicted molar refractivity (Wildman–Crippen MR) is 206 cm³/mol. The van der Waals surface area contributed by atoms with Crippen LogP contribution in [0.1, 0.15) is 25.0 Å². The molecule has 9 aromatic carbocycles. The Balaban J connectivity index is 1.38. The number of hydrogen-bond donors (Lipinski definition) is 0. The topological polar surface area (TPSA) is 3.24 Å². The second-order valence-corrected chi connectivity index (χ2v) is 13.7. The van der Waals surface area contributed by atoms with Crippen molar-refractivity contribution < 1.29 is 0 Å². The minimum absolute atomic E-state index is 0.218. The molecule has 0 fully saturated rings. The predicted octanol–water partition coefficient (Wildman–Crippen LogP) is 13.2. The average molecular weight is 612 g/mol. The number of anilines is 3. The van der Waals surface area contributed by atoms with Crippen molar-refractivity contribution >= 4 is 70.9 Å². The van der Waals surface area contributed by atoms with E-state index in [-0.39, 0.29) is 5.41 Å². The van der Waals surface area contributed by atoms with Gasteiger partial charge in [0.2, 0.25) is 0 Å². The second kappa shape index (κ2) is 10.0. The molecular formula is C47H33N. The molecule has 0 aromatic heterocycles. The van der Waals surface area contributed by atoms with E-state index in [0.717, 1.165) is 11.4 Å². The normalized spacial score (nSPS) is 13.4. The zero-order chi connectivity index (χ0) is 32.0. The SMILES string of the molecule is CC1(C)c2cc3c4ccccc4c4ccccc4c3cc2-c2c1cc(N(c1ccccc1)c1ccccc1)c1ccc3ccccc3c21. The van der Waals surface area contributed by atoms with Crippen LogP contribution in [-0.4, -0.2) is 0 Å². The Morgan fingerprint density at radius 3 is 1.50 bits per heavy atom. The molecule has 0 saturated heterocycles. The summed E-state index contributed by atoms with van der Waals surface area (Å²) in [5, 5.41) is 13.0. The van der Waals surface area contributed by atoms with E-state index in [1.807, 2.05) is 0 Å². The molecule has 1 aliphatic rings. The highest BCUT2D eigenvalue weighted by Crippen LogP contribution is 2.57. The number of benzene rings is 9. The van der Waals surface area contributed by atoms with Crippen LogP contribution in [-0.2, 0) is 5.41 Å². The number of rotatable bonds is 3. The van der Waals surface area contributed by atoms with Crippen molar-refractivity contribution in [2.75, 3.05) is 4.90 Å². The lowest BCUT2D eigenvalue weighted by atomic mass is 9.80. The van der Waals surface area contributed by atoms with Crippen molar-refractivity contribution in [2.24, 2.45) is 0 Å². The zero-order valence-corrected chi connectivity index (χ0v) is 27.0. The molecule has 1 aliphatic carbocycles. The first-order valence-electron chi connectivity index (χ1n) is 16.9. The van der Waals surface area contributed by atoms with Gasteiger partial charge in [-0.25, -0.2) is 0 Å². The lowest BCUT2D eigenvalue weighted by Gasteiger charge is -2.30. The van der Waals surface area contributed by atoms with Crippen LogP contribution in [0.25, 0.3) is 65.0 Å². The number of para-hydroxylation sites is 2. The van der Waals surface area contributed by atoms with Gasteiger partial charge in [0, 0.05) is 22.2 Å². The molecule has 0 atom stereocenters. The van der Waals surface area contributed by atoms with Crippen LogP contribution < -0.4 is 4.90 Å². The molecular weight excluding hydrogens is 579 g/mol. The van der Waals surface area contributed by atoms with E-state index < -0.39 is 0 Å². The summed E-state index contributed by atoms with van der Waals surface area (Å²) < 4.78 is 0. The van der Waals surface area contributed by atoms with E-state index in [0.29, 0.717) is 0 Å². The molecule has 0 spiro atoms. The molecule has 9 aromatic rings. The summed E-state index contributed by atoms with van der Waals surface area (Å²) in [4.78, 5) is 2.44. The van der Waals surface area contributed by atoms with Crippen molar-refractivity contribution in [2.45, 2.75) is 19.3 Å². The number of fused-ring (bicyclic) bond motifs is 13. The Morgan fingerprint density at radius 2 is 0.896 bits per heavy atom. The van der Waals surface area contributed by atoms with Crippen molar-refractivity contribution in [1.29, 1.82) is 0 Å². The summed E-state index contributed by atoms with van der Waals surface area (Å²) in [5.41, 5.74) is 8.76. The van der Waals surface area contributed by atoms with E-state index in [2.05, 4.69) is 183 Å². The second-order valence-electron chi connectivity index (χ2n) is 13.7. The standard InChI is InChI=1S/C47H33N/c1-47(2)42-28-40-37-24-14-12-22-35(37)34-21-11-13-23-36(34)39(40)27-41(42)46-43(47)29-44(38-26-25-30-15-9-10-20-33(30)45(38)46)48(31-16-5-3-6-17-31)32-18-7-4-8-19-32/h3-29H,1-2H3. The molecule has 0 N–H and O–H groups in total. The molecule has 48 heavy (non-hydrogen) atoms. The van der Waals surface area contributed by atoms with Gasteiger partial charge in [-0.2, -0.15) is 0 Å². The van der Waals surface area contributed by atoms with Gasteiger partial charge in [-0.05, 0) is 113 Å². The van der Waals surface area contributed by atoms with E-state index >= 15 is 0 Å². The molecule has 0 heterocycles. The Kier molecular flexibility index (Phi) is 5.69. The lowest BCUT2D eigenvalue weighted by Crippen LogP contribution is -2.17. The van der Waals surface area contributed by atoms with Crippen molar-refractivity contribution in [3.05, 3.63) is 175 Å². The third-order valence-electron chi connectivity index (χ3n) is 10.8. The maximum absolute atomic E-state index is 2.52. The van der Waals surface area contributed by atoms with Gasteiger partial charge in [-0.1, -0.05) is 135 Å². The first kappa shape index (κ1) is 27.2. The fourth-order valence-electron chi connectivity index (χ4n) is 8.53. The maximum Gasteiger partial charge on any atom is 0.0543 e. The average Bonchev–Trinajstić information content (AvgIpc) is 3.36. The van der Waals surface area contributed by atoms with Crippen LogP contribution in [0, 0.1) is 0 Å². The minimum Gasteiger partial charge on any atom is -0.310 e. The monoisotopic (exact) mass is 611 g/mol. The molecule has 0 amide bonds. The summed E-state index contributed by atoms with van der Waals surface area (Å²) in [7, 11) is 0. The number of nitrogens with zero attached hydrogens (tertiary/aromatic N) is 1. The van der Waals surface area contributed by atoms with Crippen LogP contribution >= 0.6 is 0 Å². The van der Waals surface area contributed by atoms with Crippen molar-refractivity contribution in [1.82, 2.24) is 0 Å². The van der Waals surface area contributed by atoms with E-state index in [1.165, 1.54) is 81.8 Å². The van der Waals surface area contributed by atoms with E-state index in [4.69, 9.17) is 0 Å². The van der Waals surface area contributed by atoms with E-state index in [1.54, 1.807) is 0 Å². The maximum atomic E-state index is 2.52. The highest BCUT2D eigenvalue weighted by atomic mass is 15.1. The molecule has 1 nitrogen and oxygen atoms in total. The molecule has 0 saturated carbocycles. The third-order valence-corrected chi connectivity index (χ3v) is 10.8. The minimum atomic E-state index is -0.218. The van der Waals surface area contributed by atoms with Gasteiger partial charge in [-0.15, -0.1) is 0 Å². The first-order valence-corrected chi connectivity index (χ1v) is 16.9. The molecule has 10 rings (SSSR count). The first-order chi connectivity index (χ1) is 23.6. The number of hydrogen-bond acceptors (Lipinski definition) is 1. The molecule has 0 radical (unpaired) electrons. The van der Waals surface area contributed by atoms with Gasteiger partial charge < -0.3 is 4.90 Å². The molecule has 226 valence electrons. The van der Waals surface area contributed by atoms with Crippen LogP contribution in [0.15, 0.2) is 164 Å². The van der Waals surface area contributed by atoms with Crippen LogP contribution in [0.2, 0.25) is 0 Å². The van der Waals surface area contributed by atoms with Gasteiger partial charge in [0.25, 0.3) is 0 Å². The van der Waals surface area contributed by atoms with Crippen LogP contribution in [0.3, 0.4) is 0 Å². The molecule has 1 heteroatoms. The lowest BCUT2D eigenvalue weighted by molar-refractivity contribution is 0.662.